The summed E-state index contributed by atoms with van der Waals surface area (Å²) in [7, 11) is 0. The Morgan fingerprint density at radius 2 is 1.79 bits per heavy atom. The van der Waals surface area contributed by atoms with Crippen LogP contribution in [0.1, 0.15) is 39.9 Å². The molecular weight excluding hydrogens is 386 g/mol. The number of rotatable bonds is 5. The van der Waals surface area contributed by atoms with Gasteiger partial charge < -0.3 is 9.64 Å². The molecule has 148 valence electrons. The van der Waals surface area contributed by atoms with Crippen molar-refractivity contribution in [3.63, 3.8) is 0 Å². The van der Waals surface area contributed by atoms with Gasteiger partial charge in [-0.3, -0.25) is 9.78 Å². The second-order valence-electron chi connectivity index (χ2n) is 6.88. The van der Waals surface area contributed by atoms with E-state index in [1.807, 2.05) is 48.5 Å². The summed E-state index contributed by atoms with van der Waals surface area (Å²) in [6.45, 7) is 3.16. The standard InChI is InChI=1S/C22H21N3O3S/c1-15-19(29-20(24-15)17-11-5-6-12-23-17)22(27)28-18(16-9-3-2-4-10-16)21(26)25-13-7-8-14-25/h2-6,9-12,18H,7-8,13-14H2,1H3/t18-/m0/s1. The van der Waals surface area contributed by atoms with Gasteiger partial charge in [0.15, 0.2) is 0 Å². The van der Waals surface area contributed by atoms with Crippen molar-refractivity contribution in [1.82, 2.24) is 14.9 Å². The molecule has 1 saturated heterocycles. The maximum atomic E-state index is 13.1. The van der Waals surface area contributed by atoms with E-state index in [1.54, 1.807) is 18.0 Å². The van der Waals surface area contributed by atoms with Crippen molar-refractivity contribution in [2.45, 2.75) is 25.9 Å². The molecule has 3 heterocycles. The van der Waals surface area contributed by atoms with E-state index < -0.39 is 12.1 Å². The molecule has 1 aliphatic heterocycles. The lowest BCUT2D eigenvalue weighted by atomic mass is 10.1. The molecule has 0 N–H and O–H groups in total. The number of ether oxygens (including phenoxy) is 1. The van der Waals surface area contributed by atoms with Crippen molar-refractivity contribution < 1.29 is 14.3 Å². The van der Waals surface area contributed by atoms with E-state index in [1.165, 1.54) is 11.3 Å². The van der Waals surface area contributed by atoms with Gasteiger partial charge in [-0.15, -0.1) is 11.3 Å². The predicted molar refractivity (Wildman–Crippen MR) is 110 cm³/mol. The molecule has 2 aromatic heterocycles. The predicted octanol–water partition coefficient (Wildman–Crippen LogP) is 4.03. The number of esters is 1. The second kappa shape index (κ2) is 8.53. The molecular formula is C22H21N3O3S. The van der Waals surface area contributed by atoms with Crippen molar-refractivity contribution >= 4 is 23.2 Å². The summed E-state index contributed by atoms with van der Waals surface area (Å²) >= 11 is 1.23. The minimum Gasteiger partial charge on any atom is -0.443 e. The zero-order valence-electron chi connectivity index (χ0n) is 16.1. The van der Waals surface area contributed by atoms with E-state index in [-0.39, 0.29) is 5.91 Å². The summed E-state index contributed by atoms with van der Waals surface area (Å²) in [6.07, 6.45) is 2.68. The molecule has 1 amide bonds. The molecule has 1 atom stereocenters. The molecule has 1 aliphatic rings. The van der Waals surface area contributed by atoms with Crippen LogP contribution in [0.3, 0.4) is 0 Å². The lowest BCUT2D eigenvalue weighted by Crippen LogP contribution is -2.34. The first-order chi connectivity index (χ1) is 14.1. The summed E-state index contributed by atoms with van der Waals surface area (Å²) in [6, 6.07) is 14.7. The van der Waals surface area contributed by atoms with E-state index in [4.69, 9.17) is 4.74 Å². The number of thiazole rings is 1. The quantitative estimate of drug-likeness (QED) is 0.597. The first kappa shape index (κ1) is 19.3. The Balaban J connectivity index is 1.60. The SMILES string of the molecule is Cc1nc(-c2ccccn2)sc1C(=O)O[C@H](C(=O)N1CCCC1)c1ccccc1. The Morgan fingerprint density at radius 3 is 2.48 bits per heavy atom. The van der Waals surface area contributed by atoms with Gasteiger partial charge in [0.2, 0.25) is 6.10 Å². The molecule has 6 nitrogen and oxygen atoms in total. The smallest absolute Gasteiger partial charge is 0.351 e. The molecule has 0 bridgehead atoms. The molecule has 0 unspecified atom stereocenters. The minimum absolute atomic E-state index is 0.172. The third kappa shape index (κ3) is 4.19. The van der Waals surface area contributed by atoms with E-state index in [9.17, 15) is 9.59 Å². The Hall–Kier alpha value is -3.06. The van der Waals surface area contributed by atoms with E-state index in [2.05, 4.69) is 9.97 Å². The number of aryl methyl sites for hydroxylation is 1. The van der Waals surface area contributed by atoms with Gasteiger partial charge in [-0.1, -0.05) is 36.4 Å². The highest BCUT2D eigenvalue weighted by Crippen LogP contribution is 2.30. The number of hydrogen-bond acceptors (Lipinski definition) is 6. The van der Waals surface area contributed by atoms with Gasteiger partial charge in [-0.2, -0.15) is 0 Å². The lowest BCUT2D eigenvalue weighted by molar-refractivity contribution is -0.140. The number of nitrogens with zero attached hydrogens (tertiary/aromatic N) is 3. The Morgan fingerprint density at radius 1 is 1.07 bits per heavy atom. The van der Waals surface area contributed by atoms with Crippen LogP contribution in [0.5, 0.6) is 0 Å². The number of hydrogen-bond donors (Lipinski definition) is 0. The van der Waals surface area contributed by atoms with Crippen molar-refractivity contribution in [1.29, 1.82) is 0 Å². The largest absolute Gasteiger partial charge is 0.443 e. The minimum atomic E-state index is -0.957. The van der Waals surface area contributed by atoms with Crippen LogP contribution in [0, 0.1) is 6.92 Å². The van der Waals surface area contributed by atoms with Crippen LogP contribution in [-0.4, -0.2) is 39.8 Å². The van der Waals surface area contributed by atoms with Gasteiger partial charge in [0.05, 0.1) is 11.4 Å². The monoisotopic (exact) mass is 407 g/mol. The van der Waals surface area contributed by atoms with Crippen molar-refractivity contribution in [2.75, 3.05) is 13.1 Å². The molecule has 4 rings (SSSR count). The van der Waals surface area contributed by atoms with Gasteiger partial charge >= 0.3 is 5.97 Å². The Bertz CT molecular complexity index is 999. The number of amides is 1. The molecule has 7 heteroatoms. The Labute approximate surface area is 173 Å². The van der Waals surface area contributed by atoms with Crippen LogP contribution in [0.25, 0.3) is 10.7 Å². The molecule has 0 saturated carbocycles. The molecule has 0 radical (unpaired) electrons. The first-order valence-electron chi connectivity index (χ1n) is 9.57. The fourth-order valence-corrected chi connectivity index (χ4v) is 4.26. The van der Waals surface area contributed by atoms with Gasteiger partial charge in [-0.05, 0) is 31.9 Å². The third-order valence-corrected chi connectivity index (χ3v) is 6.00. The highest BCUT2D eigenvalue weighted by atomic mass is 32.1. The normalized spacial score (nSPS) is 14.6. The first-order valence-corrected chi connectivity index (χ1v) is 10.4. The molecule has 1 aromatic carbocycles. The second-order valence-corrected chi connectivity index (χ2v) is 7.88. The highest BCUT2D eigenvalue weighted by molar-refractivity contribution is 7.17. The number of aromatic nitrogens is 2. The molecule has 3 aromatic rings. The van der Waals surface area contributed by atoms with Crippen molar-refractivity contribution in [3.8, 4) is 10.7 Å². The van der Waals surface area contributed by atoms with Gasteiger partial charge in [0.25, 0.3) is 5.91 Å². The van der Waals surface area contributed by atoms with E-state index in [0.717, 1.165) is 12.8 Å². The van der Waals surface area contributed by atoms with Gasteiger partial charge in [-0.25, -0.2) is 9.78 Å². The van der Waals surface area contributed by atoms with Crippen LogP contribution < -0.4 is 0 Å². The maximum Gasteiger partial charge on any atom is 0.351 e. The Kier molecular flexibility index (Phi) is 5.67. The van der Waals surface area contributed by atoms with Gasteiger partial charge in [0, 0.05) is 24.8 Å². The van der Waals surface area contributed by atoms with Crippen LogP contribution in [0.15, 0.2) is 54.7 Å². The zero-order chi connectivity index (χ0) is 20.2. The zero-order valence-corrected chi connectivity index (χ0v) is 16.9. The summed E-state index contributed by atoms with van der Waals surface area (Å²) in [5.74, 6) is -0.710. The van der Waals surface area contributed by atoms with Crippen molar-refractivity contribution in [3.05, 3.63) is 70.9 Å². The molecule has 1 fully saturated rings. The fourth-order valence-electron chi connectivity index (χ4n) is 3.34. The fraction of sp³-hybridized carbons (Fsp3) is 0.273. The summed E-state index contributed by atoms with van der Waals surface area (Å²) in [4.78, 5) is 36.9. The van der Waals surface area contributed by atoms with Crippen molar-refractivity contribution in [2.24, 2.45) is 0 Å². The van der Waals surface area contributed by atoms with Crippen LogP contribution in [0.2, 0.25) is 0 Å². The van der Waals surface area contributed by atoms with Gasteiger partial charge in [0.1, 0.15) is 9.88 Å². The number of carbonyl (C=O) groups excluding carboxylic acids is 2. The number of likely N-dealkylation sites (tertiary alicyclic amines) is 1. The van der Waals surface area contributed by atoms with Crippen LogP contribution >= 0.6 is 11.3 Å². The maximum absolute atomic E-state index is 13.1. The molecule has 0 aliphatic carbocycles. The number of benzene rings is 1. The summed E-state index contributed by atoms with van der Waals surface area (Å²) in [5.41, 5.74) is 1.94. The summed E-state index contributed by atoms with van der Waals surface area (Å²) < 4.78 is 5.75. The summed E-state index contributed by atoms with van der Waals surface area (Å²) in [5, 5.41) is 0.650. The molecule has 0 spiro atoms. The van der Waals surface area contributed by atoms with Crippen LogP contribution in [0.4, 0.5) is 0 Å². The average Bonchev–Trinajstić information content (AvgIpc) is 3.43. The number of carbonyl (C=O) groups is 2. The highest BCUT2D eigenvalue weighted by Gasteiger charge is 2.32. The topological polar surface area (TPSA) is 72.4 Å². The third-order valence-electron chi connectivity index (χ3n) is 4.84. The van der Waals surface area contributed by atoms with E-state index in [0.29, 0.717) is 39.9 Å². The molecule has 29 heavy (non-hydrogen) atoms. The lowest BCUT2D eigenvalue weighted by Gasteiger charge is -2.23. The van der Waals surface area contributed by atoms with E-state index >= 15 is 0 Å². The van der Waals surface area contributed by atoms with Crippen LogP contribution in [-0.2, 0) is 9.53 Å². The average molecular weight is 407 g/mol. The number of pyridine rings is 1.